The van der Waals surface area contributed by atoms with Crippen molar-refractivity contribution in [1.82, 2.24) is 5.43 Å². The van der Waals surface area contributed by atoms with Gasteiger partial charge in [0.25, 0.3) is 5.91 Å². The molecule has 0 saturated carbocycles. The van der Waals surface area contributed by atoms with Crippen LogP contribution in [0, 0.1) is 0 Å². The van der Waals surface area contributed by atoms with Crippen molar-refractivity contribution in [3.8, 4) is 22.6 Å². The van der Waals surface area contributed by atoms with Crippen LogP contribution in [-0.4, -0.2) is 24.8 Å². The third kappa shape index (κ3) is 7.00. The fraction of sp³-hybridized carbons (Fsp3) is 0.231. The Balaban J connectivity index is 1.47. The normalized spacial score (nSPS) is 11.8. The predicted molar refractivity (Wildman–Crippen MR) is 125 cm³/mol. The van der Waals surface area contributed by atoms with Gasteiger partial charge in [0.1, 0.15) is 11.5 Å². The molecule has 31 heavy (non-hydrogen) atoms. The minimum absolute atomic E-state index is 0.317. The van der Waals surface area contributed by atoms with E-state index in [0.29, 0.717) is 12.4 Å². The van der Waals surface area contributed by atoms with E-state index >= 15 is 0 Å². The van der Waals surface area contributed by atoms with Crippen LogP contribution in [0.15, 0.2) is 84.0 Å². The number of nitrogens with one attached hydrogen (secondary N) is 1. The Kier molecular flexibility index (Phi) is 8.23. The second kappa shape index (κ2) is 11.6. The molecular weight excluding hydrogens is 388 g/mol. The van der Waals surface area contributed by atoms with Gasteiger partial charge in [-0.1, -0.05) is 55.8 Å². The molecule has 0 aliphatic heterocycles. The topological polar surface area (TPSA) is 59.9 Å². The van der Waals surface area contributed by atoms with Gasteiger partial charge in [0.2, 0.25) is 0 Å². The zero-order valence-corrected chi connectivity index (χ0v) is 18.0. The summed E-state index contributed by atoms with van der Waals surface area (Å²) in [5, 5.41) is 4.02. The highest BCUT2D eigenvalue weighted by atomic mass is 16.5. The molecule has 0 saturated heterocycles. The fourth-order valence-corrected chi connectivity index (χ4v) is 2.86. The van der Waals surface area contributed by atoms with E-state index in [1.54, 1.807) is 13.1 Å². The van der Waals surface area contributed by atoms with Crippen molar-refractivity contribution >= 4 is 12.1 Å². The Morgan fingerprint density at radius 1 is 0.935 bits per heavy atom. The van der Waals surface area contributed by atoms with E-state index in [-0.39, 0.29) is 5.91 Å². The van der Waals surface area contributed by atoms with Gasteiger partial charge >= 0.3 is 0 Å². The van der Waals surface area contributed by atoms with Crippen molar-refractivity contribution < 1.29 is 14.3 Å². The van der Waals surface area contributed by atoms with Gasteiger partial charge in [-0.05, 0) is 66.4 Å². The molecule has 0 aromatic heterocycles. The summed E-state index contributed by atoms with van der Waals surface area (Å²) < 4.78 is 11.4. The summed E-state index contributed by atoms with van der Waals surface area (Å²) in [4.78, 5) is 12.3. The Hall–Kier alpha value is -3.60. The first kappa shape index (κ1) is 22.1. The summed E-state index contributed by atoms with van der Waals surface area (Å²) in [5.41, 5.74) is 5.62. The van der Waals surface area contributed by atoms with Crippen LogP contribution >= 0.6 is 0 Å². The molecule has 3 aromatic rings. The number of carbonyl (C=O) groups excluding carboxylic acids is 1. The average Bonchev–Trinajstić information content (AvgIpc) is 2.81. The first-order valence-corrected chi connectivity index (χ1v) is 10.5. The van der Waals surface area contributed by atoms with Crippen LogP contribution in [0.2, 0.25) is 0 Å². The van der Waals surface area contributed by atoms with Gasteiger partial charge < -0.3 is 9.47 Å². The minimum Gasteiger partial charge on any atom is -0.494 e. The van der Waals surface area contributed by atoms with Gasteiger partial charge in [-0.25, -0.2) is 5.43 Å². The third-order valence-corrected chi connectivity index (χ3v) is 4.68. The molecule has 3 aromatic carbocycles. The highest BCUT2D eigenvalue weighted by Crippen LogP contribution is 2.22. The van der Waals surface area contributed by atoms with E-state index in [0.717, 1.165) is 35.3 Å². The first-order chi connectivity index (χ1) is 15.2. The van der Waals surface area contributed by atoms with E-state index in [9.17, 15) is 4.79 Å². The van der Waals surface area contributed by atoms with Crippen LogP contribution in [0.5, 0.6) is 11.5 Å². The molecular formula is C26H28N2O3. The molecule has 0 aliphatic carbocycles. The molecule has 0 fully saturated rings. The lowest BCUT2D eigenvalue weighted by atomic mass is 10.1. The number of hydrazone groups is 1. The summed E-state index contributed by atoms with van der Waals surface area (Å²) in [6, 6.07) is 25.3. The zero-order chi connectivity index (χ0) is 21.9. The molecule has 1 N–H and O–H groups in total. The van der Waals surface area contributed by atoms with E-state index in [4.69, 9.17) is 9.47 Å². The molecule has 0 spiro atoms. The van der Waals surface area contributed by atoms with Gasteiger partial charge in [0.05, 0.1) is 12.8 Å². The summed E-state index contributed by atoms with van der Waals surface area (Å²) in [6.45, 7) is 4.54. The smallest absolute Gasteiger partial charge is 0.280 e. The number of carbonyl (C=O) groups is 1. The molecule has 0 heterocycles. The van der Waals surface area contributed by atoms with Crippen molar-refractivity contribution in [2.24, 2.45) is 5.10 Å². The van der Waals surface area contributed by atoms with Gasteiger partial charge in [-0.15, -0.1) is 0 Å². The lowest BCUT2D eigenvalue weighted by Crippen LogP contribution is -2.33. The molecule has 1 unspecified atom stereocenters. The van der Waals surface area contributed by atoms with Gasteiger partial charge in [-0.3, -0.25) is 4.79 Å². The Morgan fingerprint density at radius 2 is 1.58 bits per heavy atom. The largest absolute Gasteiger partial charge is 0.494 e. The molecule has 0 aliphatic rings. The maximum absolute atomic E-state index is 12.3. The van der Waals surface area contributed by atoms with Gasteiger partial charge in [0, 0.05) is 0 Å². The van der Waals surface area contributed by atoms with Crippen LogP contribution in [0.3, 0.4) is 0 Å². The highest BCUT2D eigenvalue weighted by Gasteiger charge is 2.14. The summed E-state index contributed by atoms with van der Waals surface area (Å²) >= 11 is 0. The number of ether oxygens (including phenoxy) is 2. The Bertz CT molecular complexity index is 968. The molecule has 0 radical (unpaired) electrons. The monoisotopic (exact) mass is 416 g/mol. The molecule has 0 bridgehead atoms. The Labute approximate surface area is 183 Å². The van der Waals surface area contributed by atoms with Crippen LogP contribution in [-0.2, 0) is 4.79 Å². The van der Waals surface area contributed by atoms with E-state index in [1.807, 2.05) is 66.7 Å². The zero-order valence-electron chi connectivity index (χ0n) is 18.0. The number of hydrogen-bond donors (Lipinski definition) is 1. The molecule has 1 atom stereocenters. The number of hydrogen-bond acceptors (Lipinski definition) is 4. The van der Waals surface area contributed by atoms with E-state index in [2.05, 4.69) is 29.6 Å². The molecule has 5 nitrogen and oxygen atoms in total. The van der Waals surface area contributed by atoms with Crippen molar-refractivity contribution in [3.05, 3.63) is 84.4 Å². The molecule has 3 rings (SSSR count). The number of unbranched alkanes of at least 4 members (excludes halogenated alkanes) is 1. The average molecular weight is 417 g/mol. The Morgan fingerprint density at radius 3 is 2.26 bits per heavy atom. The van der Waals surface area contributed by atoms with Crippen molar-refractivity contribution in [2.75, 3.05) is 6.61 Å². The molecule has 1 amide bonds. The van der Waals surface area contributed by atoms with E-state index < -0.39 is 6.10 Å². The minimum atomic E-state index is -0.672. The van der Waals surface area contributed by atoms with Crippen LogP contribution in [0.1, 0.15) is 32.3 Å². The lowest BCUT2D eigenvalue weighted by Gasteiger charge is -2.13. The number of benzene rings is 3. The summed E-state index contributed by atoms with van der Waals surface area (Å²) in [7, 11) is 0. The second-order valence-electron chi connectivity index (χ2n) is 7.16. The van der Waals surface area contributed by atoms with Gasteiger partial charge in [0.15, 0.2) is 6.10 Å². The highest BCUT2D eigenvalue weighted by molar-refractivity contribution is 5.84. The van der Waals surface area contributed by atoms with Crippen molar-refractivity contribution in [3.63, 3.8) is 0 Å². The van der Waals surface area contributed by atoms with Crippen LogP contribution in [0.25, 0.3) is 11.1 Å². The third-order valence-electron chi connectivity index (χ3n) is 4.68. The number of rotatable bonds is 10. The lowest BCUT2D eigenvalue weighted by molar-refractivity contribution is -0.127. The summed E-state index contributed by atoms with van der Waals surface area (Å²) in [5.74, 6) is 1.14. The van der Waals surface area contributed by atoms with Crippen molar-refractivity contribution in [2.45, 2.75) is 32.8 Å². The van der Waals surface area contributed by atoms with Gasteiger partial charge in [-0.2, -0.15) is 5.10 Å². The second-order valence-corrected chi connectivity index (χ2v) is 7.16. The fourth-order valence-electron chi connectivity index (χ4n) is 2.86. The number of amides is 1. The van der Waals surface area contributed by atoms with E-state index in [1.165, 1.54) is 0 Å². The first-order valence-electron chi connectivity index (χ1n) is 10.5. The standard InChI is InChI=1S/C26H28N2O3/c1-3-4-18-30-24-14-10-21(11-15-24)19-27-28-26(29)20(2)31-25-16-12-23(13-17-25)22-8-6-5-7-9-22/h5-17,19-20H,3-4,18H2,1-2H3,(H,28,29). The molecule has 5 heteroatoms. The number of nitrogens with zero attached hydrogens (tertiary/aromatic N) is 1. The SMILES string of the molecule is CCCCOc1ccc(C=NNC(=O)C(C)Oc2ccc(-c3ccccc3)cc2)cc1. The van der Waals surface area contributed by atoms with Crippen LogP contribution < -0.4 is 14.9 Å². The van der Waals surface area contributed by atoms with Crippen LogP contribution in [0.4, 0.5) is 0 Å². The quantitative estimate of drug-likeness (QED) is 0.272. The summed E-state index contributed by atoms with van der Waals surface area (Å²) in [6.07, 6.45) is 3.06. The molecule has 160 valence electrons. The van der Waals surface area contributed by atoms with Crippen molar-refractivity contribution in [1.29, 1.82) is 0 Å². The predicted octanol–water partition coefficient (Wildman–Crippen LogP) is 5.45. The maximum Gasteiger partial charge on any atom is 0.280 e. The maximum atomic E-state index is 12.3.